The molecule has 104 valence electrons. The summed E-state index contributed by atoms with van der Waals surface area (Å²) in [5, 5.41) is 12.7. The van der Waals surface area contributed by atoms with E-state index in [4.69, 9.17) is 0 Å². The fraction of sp³-hybridized carbons (Fsp3) is 0.533. The number of carboxylic acid groups (broad SMARTS) is 1. The van der Waals surface area contributed by atoms with Crippen LogP contribution in [0.3, 0.4) is 0 Å². The smallest absolute Gasteiger partial charge is 0.337 e. The van der Waals surface area contributed by atoms with Crippen LogP contribution in [0, 0.1) is 11.8 Å². The average molecular weight is 326 g/mol. The Labute approximate surface area is 122 Å². The lowest BCUT2D eigenvalue weighted by atomic mass is 9.80. The molecule has 3 atom stereocenters. The van der Waals surface area contributed by atoms with Crippen molar-refractivity contribution < 1.29 is 9.90 Å². The Bertz CT molecular complexity index is 475. The van der Waals surface area contributed by atoms with Gasteiger partial charge in [-0.05, 0) is 49.3 Å². The minimum Gasteiger partial charge on any atom is -0.478 e. The topological polar surface area (TPSA) is 49.3 Å². The molecule has 4 heteroatoms. The van der Waals surface area contributed by atoms with Crippen LogP contribution in [0.15, 0.2) is 22.7 Å². The molecule has 0 amide bonds. The van der Waals surface area contributed by atoms with E-state index in [0.717, 1.165) is 22.5 Å². The summed E-state index contributed by atoms with van der Waals surface area (Å²) < 4.78 is 0.792. The van der Waals surface area contributed by atoms with E-state index < -0.39 is 5.97 Å². The molecule has 0 spiro atoms. The number of halogens is 1. The summed E-state index contributed by atoms with van der Waals surface area (Å²) in [7, 11) is 0. The van der Waals surface area contributed by atoms with Crippen molar-refractivity contribution in [3.63, 3.8) is 0 Å². The molecule has 1 aromatic carbocycles. The van der Waals surface area contributed by atoms with Crippen LogP contribution in [0.1, 0.15) is 43.5 Å². The predicted octanol–water partition coefficient (Wildman–Crippen LogP) is 4.38. The highest BCUT2D eigenvalue weighted by atomic mass is 79.9. The van der Waals surface area contributed by atoms with Crippen molar-refractivity contribution in [2.45, 2.75) is 39.2 Å². The molecule has 0 radical (unpaired) electrons. The molecule has 0 bridgehead atoms. The van der Waals surface area contributed by atoms with Gasteiger partial charge in [-0.3, -0.25) is 0 Å². The molecule has 0 saturated heterocycles. The molecular weight excluding hydrogens is 306 g/mol. The number of anilines is 1. The van der Waals surface area contributed by atoms with Crippen molar-refractivity contribution in [3.05, 3.63) is 28.2 Å². The largest absolute Gasteiger partial charge is 0.478 e. The summed E-state index contributed by atoms with van der Waals surface area (Å²) in [6.07, 6.45) is 3.52. The summed E-state index contributed by atoms with van der Waals surface area (Å²) in [6, 6.07) is 5.75. The minimum atomic E-state index is -0.888. The maximum Gasteiger partial charge on any atom is 0.337 e. The molecule has 1 fully saturated rings. The first-order valence-electron chi connectivity index (χ1n) is 6.76. The zero-order valence-electron chi connectivity index (χ0n) is 11.3. The summed E-state index contributed by atoms with van der Waals surface area (Å²) in [5.74, 6) is 0.464. The van der Waals surface area contributed by atoms with Gasteiger partial charge < -0.3 is 10.4 Å². The first-order valence-corrected chi connectivity index (χ1v) is 7.56. The van der Waals surface area contributed by atoms with Gasteiger partial charge in [0.15, 0.2) is 0 Å². The van der Waals surface area contributed by atoms with Gasteiger partial charge in [-0.2, -0.15) is 0 Å². The number of rotatable bonds is 3. The number of aromatic carboxylic acids is 1. The highest BCUT2D eigenvalue weighted by Gasteiger charge is 2.26. The number of carboxylic acids is 1. The van der Waals surface area contributed by atoms with Gasteiger partial charge in [0.2, 0.25) is 0 Å². The fourth-order valence-corrected chi connectivity index (χ4v) is 3.26. The molecule has 3 nitrogen and oxygen atoms in total. The summed E-state index contributed by atoms with van der Waals surface area (Å²) in [5.41, 5.74) is 1.06. The molecular formula is C15H20BrNO2. The molecule has 1 aliphatic rings. The van der Waals surface area contributed by atoms with Crippen LogP contribution in [0.5, 0.6) is 0 Å². The van der Waals surface area contributed by atoms with Crippen molar-refractivity contribution >= 4 is 27.6 Å². The van der Waals surface area contributed by atoms with E-state index in [1.807, 2.05) is 12.1 Å². The van der Waals surface area contributed by atoms with Gasteiger partial charge in [0.1, 0.15) is 0 Å². The Hall–Kier alpha value is -1.03. The van der Waals surface area contributed by atoms with Crippen molar-refractivity contribution in [2.24, 2.45) is 11.8 Å². The van der Waals surface area contributed by atoms with Gasteiger partial charge in [0.05, 0.1) is 5.56 Å². The number of nitrogens with one attached hydrogen (secondary N) is 1. The zero-order valence-corrected chi connectivity index (χ0v) is 12.9. The van der Waals surface area contributed by atoms with Crippen LogP contribution >= 0.6 is 15.9 Å². The second-order valence-electron chi connectivity index (χ2n) is 5.64. The Morgan fingerprint density at radius 1 is 1.37 bits per heavy atom. The van der Waals surface area contributed by atoms with E-state index in [1.54, 1.807) is 6.07 Å². The third-order valence-electron chi connectivity index (χ3n) is 3.98. The van der Waals surface area contributed by atoms with Gasteiger partial charge >= 0.3 is 5.97 Å². The van der Waals surface area contributed by atoms with Crippen molar-refractivity contribution in [1.82, 2.24) is 0 Å². The quantitative estimate of drug-likeness (QED) is 0.866. The third kappa shape index (κ3) is 3.50. The van der Waals surface area contributed by atoms with E-state index in [-0.39, 0.29) is 0 Å². The average Bonchev–Trinajstić information content (AvgIpc) is 2.34. The molecule has 0 heterocycles. The molecule has 2 N–H and O–H groups in total. The molecule has 1 aliphatic carbocycles. The standard InChI is InChI=1S/C15H20BrNO2/c1-9-3-5-13(10(2)7-9)17-14-6-4-11(16)8-12(14)15(18)19/h4,6,8-10,13,17H,3,5,7H2,1-2H3,(H,18,19). The number of benzene rings is 1. The maximum absolute atomic E-state index is 11.3. The molecule has 1 saturated carbocycles. The second kappa shape index (κ2) is 5.95. The predicted molar refractivity (Wildman–Crippen MR) is 80.7 cm³/mol. The summed E-state index contributed by atoms with van der Waals surface area (Å²) in [6.45, 7) is 4.53. The van der Waals surface area contributed by atoms with E-state index in [9.17, 15) is 9.90 Å². The van der Waals surface area contributed by atoms with E-state index in [1.165, 1.54) is 12.8 Å². The second-order valence-corrected chi connectivity index (χ2v) is 6.56. The molecule has 3 unspecified atom stereocenters. The summed E-state index contributed by atoms with van der Waals surface area (Å²) in [4.78, 5) is 11.3. The van der Waals surface area contributed by atoms with Gasteiger partial charge in [0.25, 0.3) is 0 Å². The lowest BCUT2D eigenvalue weighted by Crippen LogP contribution is -2.33. The Balaban J connectivity index is 2.17. The van der Waals surface area contributed by atoms with Crippen molar-refractivity contribution in [2.75, 3.05) is 5.32 Å². The Morgan fingerprint density at radius 3 is 2.74 bits per heavy atom. The van der Waals surface area contributed by atoms with Gasteiger partial charge in [-0.15, -0.1) is 0 Å². The van der Waals surface area contributed by atoms with E-state index >= 15 is 0 Å². The molecule has 19 heavy (non-hydrogen) atoms. The lowest BCUT2D eigenvalue weighted by molar-refractivity contribution is 0.0697. The van der Waals surface area contributed by atoms with Crippen LogP contribution < -0.4 is 5.32 Å². The zero-order chi connectivity index (χ0) is 14.0. The van der Waals surface area contributed by atoms with Crippen LogP contribution in [0.25, 0.3) is 0 Å². The normalized spacial score (nSPS) is 27.0. The van der Waals surface area contributed by atoms with Crippen molar-refractivity contribution in [3.8, 4) is 0 Å². The highest BCUT2D eigenvalue weighted by molar-refractivity contribution is 9.10. The maximum atomic E-state index is 11.3. The Kier molecular flexibility index (Phi) is 4.50. The van der Waals surface area contributed by atoms with Crippen LogP contribution in [0.2, 0.25) is 0 Å². The molecule has 1 aromatic rings. The van der Waals surface area contributed by atoms with E-state index in [0.29, 0.717) is 17.5 Å². The van der Waals surface area contributed by atoms with E-state index in [2.05, 4.69) is 35.1 Å². The minimum absolute atomic E-state index is 0.334. The molecule has 2 rings (SSSR count). The first kappa shape index (κ1) is 14.4. The van der Waals surface area contributed by atoms with Gasteiger partial charge in [-0.25, -0.2) is 4.79 Å². The monoisotopic (exact) mass is 325 g/mol. The lowest BCUT2D eigenvalue weighted by Gasteiger charge is -2.34. The van der Waals surface area contributed by atoms with Gasteiger partial charge in [-0.1, -0.05) is 29.8 Å². The van der Waals surface area contributed by atoms with Gasteiger partial charge in [0, 0.05) is 16.2 Å². The first-order chi connectivity index (χ1) is 8.97. The van der Waals surface area contributed by atoms with Crippen LogP contribution in [-0.2, 0) is 0 Å². The molecule has 0 aliphatic heterocycles. The SMILES string of the molecule is CC1CCC(Nc2ccc(Br)cc2C(=O)O)C(C)C1. The number of hydrogen-bond donors (Lipinski definition) is 2. The number of hydrogen-bond acceptors (Lipinski definition) is 2. The number of carbonyl (C=O) groups is 1. The summed E-state index contributed by atoms with van der Waals surface area (Å²) >= 11 is 3.32. The Morgan fingerprint density at radius 2 is 2.11 bits per heavy atom. The molecule has 0 aromatic heterocycles. The van der Waals surface area contributed by atoms with Crippen molar-refractivity contribution in [1.29, 1.82) is 0 Å². The third-order valence-corrected chi connectivity index (χ3v) is 4.48. The fourth-order valence-electron chi connectivity index (χ4n) is 2.90. The highest BCUT2D eigenvalue weighted by Crippen LogP contribution is 2.32. The van der Waals surface area contributed by atoms with Crippen LogP contribution in [0.4, 0.5) is 5.69 Å². The van der Waals surface area contributed by atoms with Crippen LogP contribution in [-0.4, -0.2) is 17.1 Å².